The maximum absolute atomic E-state index is 9.14. The molecule has 3 unspecified atom stereocenters. The van der Waals surface area contributed by atoms with Gasteiger partial charge in [-0.2, -0.15) is 0 Å². The average molecular weight is 489 g/mol. The summed E-state index contributed by atoms with van der Waals surface area (Å²) in [7, 11) is 0. The van der Waals surface area contributed by atoms with E-state index < -0.39 is 0 Å². The first-order valence-corrected chi connectivity index (χ1v) is 12.2. The lowest BCUT2D eigenvalue weighted by atomic mass is 9.61. The molecule has 3 heteroatoms. The summed E-state index contributed by atoms with van der Waals surface area (Å²) >= 11 is 3.78. The van der Waals surface area contributed by atoms with Gasteiger partial charge in [-0.05, 0) is 43.0 Å². The Morgan fingerprint density at radius 1 is 1.03 bits per heavy atom. The van der Waals surface area contributed by atoms with Gasteiger partial charge in [-0.3, -0.25) is 0 Å². The van der Waals surface area contributed by atoms with Gasteiger partial charge in [-0.15, -0.1) is 0 Å². The first kappa shape index (κ1) is 21.5. The number of rotatable bonds is 5. The molecule has 0 amide bonds. The fourth-order valence-electron chi connectivity index (χ4n) is 5.80. The number of aliphatic hydroxyl groups is 1. The molecule has 32 heavy (non-hydrogen) atoms. The van der Waals surface area contributed by atoms with Crippen LogP contribution in [0.3, 0.4) is 0 Å². The fraction of sp³-hybridized carbons (Fsp3) is 0.310. The number of allylic oxidation sites excluding steroid dienone is 8. The predicted molar refractivity (Wildman–Crippen MR) is 134 cm³/mol. The standard InChI is InChI=1S/C29H29BrO2/c1-19-3-6-21(7-4-19)29(22-8-11-24(12-9-22)32-16-15-31)27-17-20(2)5-13-25(27)26-14-10-23(30)18-28(26)29/h3-8,10-11,13-14,17-18,26,28,31H,9,12,15-16H2,1-2H3. The fourth-order valence-corrected chi connectivity index (χ4v) is 6.24. The second-order valence-electron chi connectivity index (χ2n) is 9.12. The van der Waals surface area contributed by atoms with E-state index in [1.807, 2.05) is 0 Å². The molecule has 2 aromatic carbocycles. The van der Waals surface area contributed by atoms with Crippen molar-refractivity contribution < 1.29 is 9.84 Å². The van der Waals surface area contributed by atoms with Gasteiger partial charge in [0, 0.05) is 28.2 Å². The summed E-state index contributed by atoms with van der Waals surface area (Å²) in [6.45, 7) is 4.74. The van der Waals surface area contributed by atoms with Crippen LogP contribution in [0.25, 0.3) is 0 Å². The van der Waals surface area contributed by atoms with E-state index in [2.05, 4.69) is 103 Å². The third-order valence-corrected chi connectivity index (χ3v) is 7.71. The molecule has 0 heterocycles. The maximum Gasteiger partial charge on any atom is 0.111 e. The number of ether oxygens (including phenoxy) is 1. The molecule has 1 N–H and O–H groups in total. The first-order valence-electron chi connectivity index (χ1n) is 11.4. The van der Waals surface area contributed by atoms with Gasteiger partial charge in [0.2, 0.25) is 0 Å². The number of halogens is 1. The zero-order valence-electron chi connectivity index (χ0n) is 18.6. The smallest absolute Gasteiger partial charge is 0.111 e. The lowest BCUT2D eigenvalue weighted by Crippen LogP contribution is -2.36. The minimum Gasteiger partial charge on any atom is -0.496 e. The highest BCUT2D eigenvalue weighted by Crippen LogP contribution is 2.61. The molecule has 3 aliphatic carbocycles. The molecule has 0 radical (unpaired) electrons. The van der Waals surface area contributed by atoms with Crippen LogP contribution in [0.1, 0.15) is 46.6 Å². The topological polar surface area (TPSA) is 29.5 Å². The lowest BCUT2D eigenvalue weighted by Gasteiger charge is -2.41. The van der Waals surface area contributed by atoms with Gasteiger partial charge < -0.3 is 9.84 Å². The van der Waals surface area contributed by atoms with Crippen molar-refractivity contribution in [1.82, 2.24) is 0 Å². The van der Waals surface area contributed by atoms with E-state index in [1.165, 1.54) is 33.4 Å². The van der Waals surface area contributed by atoms with Crippen LogP contribution >= 0.6 is 15.9 Å². The largest absolute Gasteiger partial charge is 0.496 e. The third kappa shape index (κ3) is 3.43. The van der Waals surface area contributed by atoms with Crippen LogP contribution in [0.5, 0.6) is 0 Å². The van der Waals surface area contributed by atoms with Gasteiger partial charge in [0.25, 0.3) is 0 Å². The molecule has 0 saturated heterocycles. The molecule has 3 atom stereocenters. The van der Waals surface area contributed by atoms with E-state index in [0.29, 0.717) is 18.4 Å². The Morgan fingerprint density at radius 2 is 1.81 bits per heavy atom. The van der Waals surface area contributed by atoms with Crippen LogP contribution in [-0.4, -0.2) is 18.3 Å². The molecule has 2 nitrogen and oxygen atoms in total. The number of aryl methyl sites for hydroxylation is 2. The van der Waals surface area contributed by atoms with Crippen LogP contribution in [0.15, 0.2) is 88.7 Å². The SMILES string of the molecule is Cc1ccc(C2(C3=CC=C(OCCO)CC3)c3cc(C)ccc3C3C=CC(Br)=CC32)cc1. The van der Waals surface area contributed by atoms with Crippen molar-refractivity contribution in [2.24, 2.45) is 5.92 Å². The molecule has 0 aromatic heterocycles. The first-order chi connectivity index (χ1) is 15.5. The Labute approximate surface area is 199 Å². The van der Waals surface area contributed by atoms with E-state index in [0.717, 1.165) is 23.1 Å². The summed E-state index contributed by atoms with van der Waals surface area (Å²) < 4.78 is 6.90. The van der Waals surface area contributed by atoms with E-state index >= 15 is 0 Å². The molecular weight excluding hydrogens is 460 g/mol. The number of hydrogen-bond donors (Lipinski definition) is 1. The van der Waals surface area contributed by atoms with Gasteiger partial charge in [-0.1, -0.05) is 99.4 Å². The molecule has 3 aliphatic rings. The van der Waals surface area contributed by atoms with Crippen LogP contribution < -0.4 is 0 Å². The van der Waals surface area contributed by atoms with Crippen LogP contribution in [-0.2, 0) is 10.2 Å². The quantitative estimate of drug-likeness (QED) is 0.503. The highest BCUT2D eigenvalue weighted by molar-refractivity contribution is 9.11. The van der Waals surface area contributed by atoms with E-state index in [-0.39, 0.29) is 12.0 Å². The maximum atomic E-state index is 9.14. The number of benzene rings is 2. The molecular formula is C29H29BrO2. The molecule has 0 bridgehead atoms. The summed E-state index contributed by atoms with van der Waals surface area (Å²) in [5, 5.41) is 9.14. The normalized spacial score (nSPS) is 26.1. The summed E-state index contributed by atoms with van der Waals surface area (Å²) in [5.74, 6) is 1.62. The molecule has 0 fully saturated rings. The minimum absolute atomic E-state index is 0.0444. The highest BCUT2D eigenvalue weighted by atomic mass is 79.9. The van der Waals surface area contributed by atoms with Crippen molar-refractivity contribution in [2.75, 3.05) is 13.2 Å². The Hall–Kier alpha value is -2.36. The van der Waals surface area contributed by atoms with Crippen molar-refractivity contribution in [3.8, 4) is 0 Å². The van der Waals surface area contributed by atoms with E-state index in [4.69, 9.17) is 9.84 Å². The Bertz CT molecular complexity index is 1150. The molecule has 0 saturated carbocycles. The van der Waals surface area contributed by atoms with Crippen LogP contribution in [0, 0.1) is 19.8 Å². The van der Waals surface area contributed by atoms with Crippen molar-refractivity contribution in [1.29, 1.82) is 0 Å². The second kappa shape index (κ2) is 8.53. The van der Waals surface area contributed by atoms with E-state index in [1.54, 1.807) is 0 Å². The summed E-state index contributed by atoms with van der Waals surface area (Å²) in [6, 6.07) is 16.1. The lowest BCUT2D eigenvalue weighted by molar-refractivity contribution is 0.138. The molecule has 164 valence electrons. The number of aliphatic hydroxyl groups excluding tert-OH is 1. The van der Waals surface area contributed by atoms with E-state index in [9.17, 15) is 0 Å². The zero-order valence-corrected chi connectivity index (χ0v) is 20.2. The molecule has 5 rings (SSSR count). The Kier molecular flexibility index (Phi) is 5.73. The second-order valence-corrected chi connectivity index (χ2v) is 10.0. The molecule has 0 spiro atoms. The molecule has 0 aliphatic heterocycles. The monoisotopic (exact) mass is 488 g/mol. The van der Waals surface area contributed by atoms with Crippen molar-refractivity contribution >= 4 is 15.9 Å². The Morgan fingerprint density at radius 3 is 2.53 bits per heavy atom. The molecule has 2 aromatic rings. The van der Waals surface area contributed by atoms with Crippen LogP contribution in [0.2, 0.25) is 0 Å². The van der Waals surface area contributed by atoms with Gasteiger partial charge in [0.05, 0.1) is 12.4 Å². The van der Waals surface area contributed by atoms with Crippen molar-refractivity contribution in [3.05, 3.63) is 116 Å². The van der Waals surface area contributed by atoms with Crippen molar-refractivity contribution in [2.45, 2.75) is 38.0 Å². The summed E-state index contributed by atoms with van der Waals surface area (Å²) in [5.41, 5.74) is 8.00. The van der Waals surface area contributed by atoms with Gasteiger partial charge >= 0.3 is 0 Å². The minimum atomic E-state index is -0.220. The average Bonchev–Trinajstić information content (AvgIpc) is 3.08. The van der Waals surface area contributed by atoms with Gasteiger partial charge in [0.15, 0.2) is 0 Å². The predicted octanol–water partition coefficient (Wildman–Crippen LogP) is 6.76. The van der Waals surface area contributed by atoms with Gasteiger partial charge in [0.1, 0.15) is 6.61 Å². The Balaban J connectivity index is 1.76. The third-order valence-electron chi connectivity index (χ3n) is 7.18. The number of fused-ring (bicyclic) bond motifs is 3. The summed E-state index contributed by atoms with van der Waals surface area (Å²) in [6.07, 6.45) is 13.2. The zero-order chi connectivity index (χ0) is 22.3. The van der Waals surface area contributed by atoms with Crippen LogP contribution in [0.4, 0.5) is 0 Å². The van der Waals surface area contributed by atoms with Gasteiger partial charge in [-0.25, -0.2) is 0 Å². The van der Waals surface area contributed by atoms with Crippen molar-refractivity contribution in [3.63, 3.8) is 0 Å². The highest BCUT2D eigenvalue weighted by Gasteiger charge is 2.54. The number of hydrogen-bond acceptors (Lipinski definition) is 2. The summed E-state index contributed by atoms with van der Waals surface area (Å²) in [4.78, 5) is 0.